The van der Waals surface area contributed by atoms with E-state index in [4.69, 9.17) is 5.11 Å². The average molecular weight is 282 g/mol. The number of aromatic nitrogens is 2. The van der Waals surface area contributed by atoms with Crippen LogP contribution in [0.2, 0.25) is 0 Å². The lowest BCUT2D eigenvalue weighted by molar-refractivity contribution is -0.139. The van der Waals surface area contributed by atoms with Gasteiger partial charge in [-0.15, -0.1) is 0 Å². The van der Waals surface area contributed by atoms with Crippen molar-refractivity contribution < 1.29 is 14.7 Å². The number of hydrogen-bond acceptors (Lipinski definition) is 4. The van der Waals surface area contributed by atoms with E-state index in [-0.39, 0.29) is 18.4 Å². The number of aryl methyl sites for hydroxylation is 2. The lowest BCUT2D eigenvalue weighted by atomic mass is 10.0. The van der Waals surface area contributed by atoms with Crippen LogP contribution in [-0.4, -0.2) is 39.8 Å². The number of nitrogens with zero attached hydrogens (tertiary/aromatic N) is 1. The Kier molecular flexibility index (Phi) is 5.69. The summed E-state index contributed by atoms with van der Waals surface area (Å²) >= 11 is 0. The van der Waals surface area contributed by atoms with Crippen molar-refractivity contribution in [3.8, 4) is 0 Å². The van der Waals surface area contributed by atoms with E-state index in [1.807, 2.05) is 20.8 Å². The molecule has 20 heavy (non-hydrogen) atoms. The topological polar surface area (TPSA) is 107 Å². The zero-order valence-electron chi connectivity index (χ0n) is 12.3. The third-order valence-electron chi connectivity index (χ3n) is 2.91. The molecule has 0 saturated carbocycles. The number of anilines is 1. The fourth-order valence-corrected chi connectivity index (χ4v) is 1.88. The fourth-order valence-electron chi connectivity index (χ4n) is 1.88. The van der Waals surface area contributed by atoms with E-state index in [9.17, 15) is 9.59 Å². The van der Waals surface area contributed by atoms with Gasteiger partial charge in [-0.1, -0.05) is 13.8 Å². The number of carbonyl (C=O) groups is 2. The Morgan fingerprint density at radius 1 is 1.35 bits per heavy atom. The molecule has 0 saturated heterocycles. The van der Waals surface area contributed by atoms with E-state index in [1.54, 1.807) is 6.92 Å². The Morgan fingerprint density at radius 2 is 2.00 bits per heavy atom. The zero-order chi connectivity index (χ0) is 15.3. The van der Waals surface area contributed by atoms with Gasteiger partial charge in [-0.3, -0.25) is 20.0 Å². The summed E-state index contributed by atoms with van der Waals surface area (Å²) in [7, 11) is 0. The number of carboxylic acid groups (broad SMARTS) is 1. The minimum absolute atomic E-state index is 0.0479. The van der Waals surface area contributed by atoms with Gasteiger partial charge in [-0.25, -0.2) is 0 Å². The summed E-state index contributed by atoms with van der Waals surface area (Å²) in [5.41, 5.74) is 2.12. The normalized spacial score (nSPS) is 12.4. The van der Waals surface area contributed by atoms with Crippen molar-refractivity contribution in [2.75, 3.05) is 11.9 Å². The van der Waals surface area contributed by atoms with Crippen molar-refractivity contribution >= 4 is 17.6 Å². The molecule has 0 spiro atoms. The Morgan fingerprint density at radius 3 is 2.45 bits per heavy atom. The Bertz CT molecular complexity index is 462. The minimum atomic E-state index is -0.942. The number of aromatic amines is 1. The van der Waals surface area contributed by atoms with Crippen molar-refractivity contribution in [2.45, 2.75) is 40.2 Å². The van der Waals surface area contributed by atoms with Gasteiger partial charge in [0.25, 0.3) is 0 Å². The summed E-state index contributed by atoms with van der Waals surface area (Å²) in [5.74, 6) is -0.986. The fraction of sp³-hybridized carbons (Fsp3) is 0.615. The molecule has 112 valence electrons. The van der Waals surface area contributed by atoms with E-state index < -0.39 is 12.0 Å². The lowest BCUT2D eigenvalue weighted by Gasteiger charge is -2.16. The van der Waals surface area contributed by atoms with Crippen LogP contribution in [0.15, 0.2) is 0 Å². The van der Waals surface area contributed by atoms with Crippen LogP contribution in [0.4, 0.5) is 5.69 Å². The number of aliphatic carboxylic acids is 1. The number of rotatable bonds is 7. The first-order valence-electron chi connectivity index (χ1n) is 6.58. The predicted octanol–water partition coefficient (Wildman–Crippen LogP) is 1.05. The van der Waals surface area contributed by atoms with Gasteiger partial charge < -0.3 is 10.4 Å². The lowest BCUT2D eigenvalue weighted by Crippen LogP contribution is -2.42. The number of hydrogen-bond donors (Lipinski definition) is 4. The second-order valence-corrected chi connectivity index (χ2v) is 5.26. The summed E-state index contributed by atoms with van der Waals surface area (Å²) in [6, 6.07) is -0.715. The van der Waals surface area contributed by atoms with E-state index in [0.29, 0.717) is 17.8 Å². The van der Waals surface area contributed by atoms with Crippen LogP contribution in [0, 0.1) is 19.8 Å². The van der Waals surface area contributed by atoms with Gasteiger partial charge in [0.05, 0.1) is 23.6 Å². The first kappa shape index (κ1) is 16.2. The van der Waals surface area contributed by atoms with Crippen LogP contribution in [0.25, 0.3) is 0 Å². The third kappa shape index (κ3) is 4.65. The molecule has 0 radical (unpaired) electrons. The van der Waals surface area contributed by atoms with Crippen molar-refractivity contribution in [1.82, 2.24) is 15.5 Å². The van der Waals surface area contributed by atoms with Crippen LogP contribution in [-0.2, 0) is 9.59 Å². The van der Waals surface area contributed by atoms with Gasteiger partial charge in [0, 0.05) is 0 Å². The van der Waals surface area contributed by atoms with Gasteiger partial charge in [-0.05, 0) is 26.2 Å². The molecule has 0 aliphatic heterocycles. The van der Waals surface area contributed by atoms with Crippen LogP contribution in [0.1, 0.15) is 31.7 Å². The van der Waals surface area contributed by atoms with Crippen molar-refractivity contribution in [1.29, 1.82) is 0 Å². The van der Waals surface area contributed by atoms with E-state index in [1.165, 1.54) is 0 Å². The van der Waals surface area contributed by atoms with E-state index >= 15 is 0 Å². The maximum Gasteiger partial charge on any atom is 0.320 e. The van der Waals surface area contributed by atoms with Gasteiger partial charge >= 0.3 is 5.97 Å². The third-order valence-corrected chi connectivity index (χ3v) is 2.91. The molecule has 1 heterocycles. The molecule has 4 N–H and O–H groups in total. The van der Waals surface area contributed by atoms with Gasteiger partial charge in [0.15, 0.2) is 0 Å². The Balaban J connectivity index is 2.52. The molecular formula is C13H22N4O3. The highest BCUT2D eigenvalue weighted by molar-refractivity contribution is 5.93. The maximum atomic E-state index is 11.8. The average Bonchev–Trinajstić information content (AvgIpc) is 2.65. The number of amides is 1. The predicted molar refractivity (Wildman–Crippen MR) is 75.6 cm³/mol. The molecule has 7 heteroatoms. The van der Waals surface area contributed by atoms with Crippen molar-refractivity contribution in [2.24, 2.45) is 5.92 Å². The summed E-state index contributed by atoms with van der Waals surface area (Å²) in [5, 5.41) is 21.3. The number of nitrogens with one attached hydrogen (secondary N) is 3. The highest BCUT2D eigenvalue weighted by atomic mass is 16.4. The van der Waals surface area contributed by atoms with Crippen LogP contribution in [0.3, 0.4) is 0 Å². The van der Waals surface area contributed by atoms with Gasteiger partial charge in [0.2, 0.25) is 5.91 Å². The first-order valence-corrected chi connectivity index (χ1v) is 6.58. The molecule has 0 bridgehead atoms. The Labute approximate surface area is 118 Å². The number of carbonyl (C=O) groups excluding carboxylic acids is 1. The standard InChI is InChI=1S/C13H22N4O3/c1-7(2)5-10(13(19)20)14-6-11(18)15-12-8(3)16-17-9(12)4/h7,10,14H,5-6H2,1-4H3,(H,15,18)(H,16,17)(H,19,20). The molecule has 1 aromatic rings. The smallest absolute Gasteiger partial charge is 0.320 e. The monoisotopic (exact) mass is 282 g/mol. The summed E-state index contributed by atoms with van der Waals surface area (Å²) in [6.07, 6.45) is 0.479. The zero-order valence-corrected chi connectivity index (χ0v) is 12.3. The largest absolute Gasteiger partial charge is 0.480 e. The van der Waals surface area contributed by atoms with Crippen molar-refractivity contribution in [3.05, 3.63) is 11.4 Å². The van der Waals surface area contributed by atoms with E-state index in [2.05, 4.69) is 20.8 Å². The summed E-state index contributed by atoms with van der Waals surface area (Å²) in [6.45, 7) is 7.42. The quantitative estimate of drug-likeness (QED) is 0.598. The molecular weight excluding hydrogens is 260 g/mol. The number of carboxylic acids is 1. The summed E-state index contributed by atoms with van der Waals surface area (Å²) in [4.78, 5) is 22.9. The molecule has 0 aromatic carbocycles. The molecule has 7 nitrogen and oxygen atoms in total. The SMILES string of the molecule is Cc1n[nH]c(C)c1NC(=O)CNC(CC(C)C)C(=O)O. The van der Waals surface area contributed by atoms with Gasteiger partial charge in [0.1, 0.15) is 6.04 Å². The van der Waals surface area contributed by atoms with E-state index in [0.717, 1.165) is 5.69 Å². The minimum Gasteiger partial charge on any atom is -0.480 e. The van der Waals surface area contributed by atoms with Crippen LogP contribution in [0.5, 0.6) is 0 Å². The van der Waals surface area contributed by atoms with Crippen LogP contribution < -0.4 is 10.6 Å². The van der Waals surface area contributed by atoms with Crippen LogP contribution >= 0.6 is 0 Å². The molecule has 1 atom stereocenters. The summed E-state index contributed by atoms with van der Waals surface area (Å²) < 4.78 is 0. The van der Waals surface area contributed by atoms with Crippen molar-refractivity contribution in [3.63, 3.8) is 0 Å². The first-order chi connectivity index (χ1) is 9.31. The molecule has 1 rings (SSSR count). The highest BCUT2D eigenvalue weighted by Crippen LogP contribution is 2.15. The molecule has 1 aromatic heterocycles. The molecule has 0 aliphatic rings. The highest BCUT2D eigenvalue weighted by Gasteiger charge is 2.19. The number of H-pyrrole nitrogens is 1. The van der Waals surface area contributed by atoms with Gasteiger partial charge in [-0.2, -0.15) is 5.10 Å². The Hall–Kier alpha value is -1.89. The molecule has 1 amide bonds. The molecule has 0 aliphatic carbocycles. The molecule has 1 unspecified atom stereocenters. The second-order valence-electron chi connectivity index (χ2n) is 5.26. The maximum absolute atomic E-state index is 11.8. The molecule has 0 fully saturated rings. The second kappa shape index (κ2) is 7.04.